The van der Waals surface area contributed by atoms with Gasteiger partial charge >= 0.3 is 0 Å². The summed E-state index contributed by atoms with van der Waals surface area (Å²) in [5.41, 5.74) is 7.60. The molecule has 0 unspecified atom stereocenters. The highest BCUT2D eigenvalue weighted by atomic mass is 16.6. The van der Waals surface area contributed by atoms with Crippen molar-refractivity contribution in [3.05, 3.63) is 58.1 Å². The lowest BCUT2D eigenvalue weighted by atomic mass is 10.1. The maximum atomic E-state index is 10.8. The van der Waals surface area contributed by atoms with Crippen LogP contribution in [0.1, 0.15) is 5.56 Å². The molecule has 0 spiro atoms. The van der Waals surface area contributed by atoms with Crippen molar-refractivity contribution in [2.45, 2.75) is 6.92 Å². The van der Waals surface area contributed by atoms with Gasteiger partial charge in [0.1, 0.15) is 5.69 Å². The average molecular weight is 256 g/mol. The molecule has 2 rings (SSSR count). The van der Waals surface area contributed by atoms with E-state index in [0.29, 0.717) is 16.9 Å². The van der Waals surface area contributed by atoms with Gasteiger partial charge in [-0.05, 0) is 25.1 Å². The highest BCUT2D eigenvalue weighted by molar-refractivity contribution is 5.71. The number of anilines is 1. The smallest absolute Gasteiger partial charge is 0.274 e. The number of nitrogens with two attached hydrogens (primary N) is 1. The number of azo groups is 1. The van der Waals surface area contributed by atoms with Crippen molar-refractivity contribution >= 4 is 22.7 Å². The van der Waals surface area contributed by atoms with Crippen LogP contribution in [0.25, 0.3) is 0 Å². The number of nitro benzene ring substituents is 1. The molecule has 0 amide bonds. The van der Waals surface area contributed by atoms with E-state index in [4.69, 9.17) is 5.73 Å². The third-order valence-corrected chi connectivity index (χ3v) is 2.69. The fraction of sp³-hybridized carbons (Fsp3) is 0.0769. The largest absolute Gasteiger partial charge is 0.397 e. The molecule has 6 heteroatoms. The van der Waals surface area contributed by atoms with Crippen molar-refractivity contribution in [1.29, 1.82) is 0 Å². The van der Waals surface area contributed by atoms with E-state index in [1.165, 1.54) is 12.1 Å². The molecule has 96 valence electrons. The van der Waals surface area contributed by atoms with Gasteiger partial charge in [0.05, 0.1) is 21.9 Å². The number of rotatable bonds is 3. The Morgan fingerprint density at radius 3 is 2.42 bits per heavy atom. The summed E-state index contributed by atoms with van der Waals surface area (Å²) < 4.78 is 0. The monoisotopic (exact) mass is 256 g/mol. The summed E-state index contributed by atoms with van der Waals surface area (Å²) in [7, 11) is 0. The molecule has 2 aromatic rings. The molecule has 0 bridgehead atoms. The average Bonchev–Trinajstić information content (AvgIpc) is 2.41. The topological polar surface area (TPSA) is 93.9 Å². The van der Waals surface area contributed by atoms with Crippen molar-refractivity contribution in [2.75, 3.05) is 5.73 Å². The van der Waals surface area contributed by atoms with Crippen LogP contribution in [-0.4, -0.2) is 4.92 Å². The van der Waals surface area contributed by atoms with Crippen LogP contribution in [0.3, 0.4) is 0 Å². The van der Waals surface area contributed by atoms with E-state index >= 15 is 0 Å². The standard InChI is InChI=1S/C13H12N4O2/c1-9-12(17(18)19)8-7-11(13(9)14)16-15-10-5-3-2-4-6-10/h2-8H,14H2,1H3. The Hall–Kier alpha value is -2.76. The van der Waals surface area contributed by atoms with Crippen LogP contribution in [0.4, 0.5) is 22.7 Å². The molecule has 0 atom stereocenters. The lowest BCUT2D eigenvalue weighted by Crippen LogP contribution is -1.96. The molecule has 0 heterocycles. The predicted molar refractivity (Wildman–Crippen MR) is 72.9 cm³/mol. The summed E-state index contributed by atoms with van der Waals surface area (Å²) in [6.07, 6.45) is 0. The Labute approximate surface area is 109 Å². The molecule has 0 aliphatic rings. The van der Waals surface area contributed by atoms with Gasteiger partial charge in [0.15, 0.2) is 0 Å². The van der Waals surface area contributed by atoms with E-state index in [2.05, 4.69) is 10.2 Å². The van der Waals surface area contributed by atoms with Gasteiger partial charge in [0, 0.05) is 6.07 Å². The van der Waals surface area contributed by atoms with Crippen molar-refractivity contribution in [3.8, 4) is 0 Å². The van der Waals surface area contributed by atoms with Gasteiger partial charge in [-0.1, -0.05) is 18.2 Å². The van der Waals surface area contributed by atoms with Crippen molar-refractivity contribution in [3.63, 3.8) is 0 Å². The van der Waals surface area contributed by atoms with E-state index < -0.39 is 4.92 Å². The second kappa shape index (κ2) is 5.26. The summed E-state index contributed by atoms with van der Waals surface area (Å²) in [5, 5.41) is 18.8. The van der Waals surface area contributed by atoms with Gasteiger partial charge in [0.2, 0.25) is 0 Å². The first kappa shape index (κ1) is 12.7. The van der Waals surface area contributed by atoms with Crippen LogP contribution in [0.5, 0.6) is 0 Å². The number of nitrogen functional groups attached to an aromatic ring is 1. The normalized spacial score (nSPS) is 10.8. The number of hydrogen-bond donors (Lipinski definition) is 1. The molecule has 0 fully saturated rings. The highest BCUT2D eigenvalue weighted by Gasteiger charge is 2.15. The highest BCUT2D eigenvalue weighted by Crippen LogP contribution is 2.33. The Bertz CT molecular complexity index is 639. The van der Waals surface area contributed by atoms with Crippen molar-refractivity contribution in [2.24, 2.45) is 10.2 Å². The van der Waals surface area contributed by atoms with Gasteiger partial charge in [0.25, 0.3) is 5.69 Å². The second-order valence-electron chi connectivity index (χ2n) is 3.94. The Morgan fingerprint density at radius 1 is 1.11 bits per heavy atom. The lowest BCUT2D eigenvalue weighted by Gasteiger charge is -2.03. The maximum Gasteiger partial charge on any atom is 0.274 e. The minimum absolute atomic E-state index is 0.0174. The first-order valence-corrected chi connectivity index (χ1v) is 5.60. The Morgan fingerprint density at radius 2 is 1.79 bits per heavy atom. The van der Waals surface area contributed by atoms with Gasteiger partial charge in [-0.2, -0.15) is 5.11 Å². The number of hydrogen-bond acceptors (Lipinski definition) is 5. The first-order valence-electron chi connectivity index (χ1n) is 5.60. The number of nitrogens with zero attached hydrogens (tertiary/aromatic N) is 3. The third-order valence-electron chi connectivity index (χ3n) is 2.69. The zero-order chi connectivity index (χ0) is 13.8. The van der Waals surface area contributed by atoms with Crippen LogP contribution >= 0.6 is 0 Å². The number of nitro groups is 1. The quantitative estimate of drug-likeness (QED) is 0.390. The molecule has 0 aromatic heterocycles. The summed E-state index contributed by atoms with van der Waals surface area (Å²) in [5.74, 6) is 0. The van der Waals surface area contributed by atoms with E-state index in [0.717, 1.165) is 0 Å². The fourth-order valence-electron chi connectivity index (χ4n) is 1.59. The predicted octanol–water partition coefficient (Wildman–Crippen LogP) is 3.90. The molecule has 0 aliphatic carbocycles. The van der Waals surface area contributed by atoms with Crippen molar-refractivity contribution in [1.82, 2.24) is 0 Å². The first-order chi connectivity index (χ1) is 9.09. The lowest BCUT2D eigenvalue weighted by molar-refractivity contribution is -0.385. The molecule has 6 nitrogen and oxygen atoms in total. The van der Waals surface area contributed by atoms with Crippen LogP contribution in [0.15, 0.2) is 52.7 Å². The molecule has 0 radical (unpaired) electrons. The van der Waals surface area contributed by atoms with Gasteiger partial charge in [-0.25, -0.2) is 0 Å². The molecule has 0 saturated carbocycles. The molecule has 2 N–H and O–H groups in total. The number of benzene rings is 2. The zero-order valence-electron chi connectivity index (χ0n) is 10.3. The molecule has 19 heavy (non-hydrogen) atoms. The minimum atomic E-state index is -0.468. The van der Waals surface area contributed by atoms with Crippen LogP contribution < -0.4 is 5.73 Å². The van der Waals surface area contributed by atoms with Crippen molar-refractivity contribution < 1.29 is 4.92 Å². The Kier molecular flexibility index (Phi) is 3.51. The van der Waals surface area contributed by atoms with Crippen LogP contribution in [0.2, 0.25) is 0 Å². The van der Waals surface area contributed by atoms with Gasteiger partial charge in [-0.15, -0.1) is 5.11 Å². The van der Waals surface area contributed by atoms with E-state index in [-0.39, 0.29) is 11.4 Å². The van der Waals surface area contributed by atoms with E-state index in [9.17, 15) is 10.1 Å². The minimum Gasteiger partial charge on any atom is -0.397 e. The van der Waals surface area contributed by atoms with E-state index in [1.807, 2.05) is 18.2 Å². The zero-order valence-corrected chi connectivity index (χ0v) is 10.3. The Balaban J connectivity index is 2.35. The molecule has 0 aliphatic heterocycles. The second-order valence-corrected chi connectivity index (χ2v) is 3.94. The van der Waals surface area contributed by atoms with Crippen LogP contribution in [-0.2, 0) is 0 Å². The summed E-state index contributed by atoms with van der Waals surface area (Å²) in [6.45, 7) is 1.59. The SMILES string of the molecule is Cc1c([N+](=O)[O-])ccc(N=Nc2ccccc2)c1N. The van der Waals surface area contributed by atoms with E-state index in [1.54, 1.807) is 19.1 Å². The molecule has 2 aromatic carbocycles. The maximum absolute atomic E-state index is 10.8. The summed E-state index contributed by atoms with van der Waals surface area (Å²) in [6, 6.07) is 12.1. The molecule has 0 saturated heterocycles. The summed E-state index contributed by atoms with van der Waals surface area (Å²) in [4.78, 5) is 10.3. The summed E-state index contributed by atoms with van der Waals surface area (Å²) >= 11 is 0. The van der Waals surface area contributed by atoms with Gasteiger partial charge < -0.3 is 5.73 Å². The molecular weight excluding hydrogens is 244 g/mol. The van der Waals surface area contributed by atoms with Gasteiger partial charge in [-0.3, -0.25) is 10.1 Å². The van der Waals surface area contributed by atoms with Crippen LogP contribution in [0, 0.1) is 17.0 Å². The third kappa shape index (κ3) is 2.74. The fourth-order valence-corrected chi connectivity index (χ4v) is 1.59. The molecular formula is C13H12N4O2.